The third-order valence-corrected chi connectivity index (χ3v) is 3.90. The van der Waals surface area contributed by atoms with Crippen molar-refractivity contribution in [1.82, 2.24) is 15.1 Å². The van der Waals surface area contributed by atoms with Gasteiger partial charge in [0, 0.05) is 17.3 Å². The average molecular weight is 221 g/mol. The largest absolute Gasteiger partial charge is 0.313 e. The molecule has 3 nitrogen and oxygen atoms in total. The van der Waals surface area contributed by atoms with Crippen molar-refractivity contribution in [3.05, 3.63) is 17.5 Å². The van der Waals surface area contributed by atoms with Crippen LogP contribution in [0.25, 0.3) is 0 Å². The Morgan fingerprint density at radius 3 is 2.69 bits per heavy atom. The summed E-state index contributed by atoms with van der Waals surface area (Å²) >= 11 is 0. The number of hydrogen-bond acceptors (Lipinski definition) is 2. The van der Waals surface area contributed by atoms with Crippen LogP contribution in [0.3, 0.4) is 0 Å². The summed E-state index contributed by atoms with van der Waals surface area (Å²) in [5, 5.41) is 7.87. The maximum absolute atomic E-state index is 4.59. The van der Waals surface area contributed by atoms with E-state index in [0.29, 0.717) is 12.1 Å². The topological polar surface area (TPSA) is 29.9 Å². The van der Waals surface area contributed by atoms with Gasteiger partial charge in [0.15, 0.2) is 0 Å². The molecule has 0 radical (unpaired) electrons. The maximum atomic E-state index is 4.59. The van der Waals surface area contributed by atoms with Crippen LogP contribution in [0.4, 0.5) is 0 Å². The smallest absolute Gasteiger partial charge is 0.0540 e. The zero-order valence-electron chi connectivity index (χ0n) is 10.7. The van der Waals surface area contributed by atoms with Crippen LogP contribution in [-0.4, -0.2) is 16.8 Å². The molecule has 0 aromatic carbocycles. The fourth-order valence-corrected chi connectivity index (χ4v) is 2.71. The third kappa shape index (κ3) is 2.14. The highest BCUT2D eigenvalue weighted by Gasteiger charge is 2.20. The van der Waals surface area contributed by atoms with Crippen LogP contribution in [0, 0.1) is 6.92 Å². The van der Waals surface area contributed by atoms with Gasteiger partial charge in [-0.15, -0.1) is 0 Å². The van der Waals surface area contributed by atoms with Crippen molar-refractivity contribution in [1.29, 1.82) is 0 Å². The van der Waals surface area contributed by atoms with E-state index in [1.54, 1.807) is 0 Å². The molecule has 90 valence electrons. The molecule has 1 aliphatic rings. The number of hydrogen-bond donors (Lipinski definition) is 1. The molecule has 1 aliphatic carbocycles. The monoisotopic (exact) mass is 221 g/mol. The SMILES string of the molecule is CNC(C)c1cnn(C2CCCCC2)c1C. The van der Waals surface area contributed by atoms with Crippen molar-refractivity contribution in [2.75, 3.05) is 7.05 Å². The second-order valence-corrected chi connectivity index (χ2v) is 4.93. The van der Waals surface area contributed by atoms with Gasteiger partial charge in [-0.3, -0.25) is 4.68 Å². The lowest BCUT2D eigenvalue weighted by Gasteiger charge is -2.23. The van der Waals surface area contributed by atoms with E-state index in [9.17, 15) is 0 Å². The highest BCUT2D eigenvalue weighted by atomic mass is 15.3. The molecule has 3 heteroatoms. The van der Waals surface area contributed by atoms with Gasteiger partial charge in [-0.05, 0) is 33.7 Å². The molecule has 1 fully saturated rings. The molecule has 1 aromatic heterocycles. The van der Waals surface area contributed by atoms with Gasteiger partial charge in [-0.25, -0.2) is 0 Å². The Balaban J connectivity index is 2.18. The summed E-state index contributed by atoms with van der Waals surface area (Å²) in [6, 6.07) is 1.05. The number of rotatable bonds is 3. The van der Waals surface area contributed by atoms with E-state index in [1.807, 2.05) is 13.2 Å². The van der Waals surface area contributed by atoms with Crippen LogP contribution < -0.4 is 5.32 Å². The van der Waals surface area contributed by atoms with E-state index < -0.39 is 0 Å². The molecule has 0 amide bonds. The molecule has 16 heavy (non-hydrogen) atoms. The Morgan fingerprint density at radius 1 is 1.38 bits per heavy atom. The molecule has 1 aromatic rings. The molecule has 1 heterocycles. The Kier molecular flexibility index (Phi) is 3.64. The molecule has 1 unspecified atom stereocenters. The highest BCUT2D eigenvalue weighted by molar-refractivity contribution is 5.20. The van der Waals surface area contributed by atoms with Crippen molar-refractivity contribution in [2.45, 2.75) is 58.0 Å². The van der Waals surface area contributed by atoms with Crippen molar-refractivity contribution in [3.8, 4) is 0 Å². The summed E-state index contributed by atoms with van der Waals surface area (Å²) in [5.41, 5.74) is 2.68. The summed E-state index contributed by atoms with van der Waals surface area (Å²) in [6.45, 7) is 4.39. The van der Waals surface area contributed by atoms with E-state index >= 15 is 0 Å². The fraction of sp³-hybridized carbons (Fsp3) is 0.769. The van der Waals surface area contributed by atoms with Gasteiger partial charge in [0.2, 0.25) is 0 Å². The summed E-state index contributed by atoms with van der Waals surface area (Å²) in [5.74, 6) is 0. The van der Waals surface area contributed by atoms with Gasteiger partial charge in [0.1, 0.15) is 0 Å². The van der Waals surface area contributed by atoms with E-state index in [1.165, 1.54) is 43.4 Å². The lowest BCUT2D eigenvalue weighted by Crippen LogP contribution is -2.17. The minimum Gasteiger partial charge on any atom is -0.313 e. The molecule has 1 N–H and O–H groups in total. The molecule has 0 spiro atoms. The Labute approximate surface area is 98.2 Å². The molecule has 0 bridgehead atoms. The minimum atomic E-state index is 0.400. The van der Waals surface area contributed by atoms with E-state index in [-0.39, 0.29) is 0 Å². The van der Waals surface area contributed by atoms with Gasteiger partial charge >= 0.3 is 0 Å². The van der Waals surface area contributed by atoms with Crippen molar-refractivity contribution < 1.29 is 0 Å². The molecular formula is C13H23N3. The van der Waals surface area contributed by atoms with Crippen LogP contribution in [0.2, 0.25) is 0 Å². The fourth-order valence-electron chi connectivity index (χ4n) is 2.71. The summed E-state index contributed by atoms with van der Waals surface area (Å²) in [6.07, 6.45) is 8.76. The normalized spacial score (nSPS) is 19.9. The number of aromatic nitrogens is 2. The van der Waals surface area contributed by atoms with Crippen molar-refractivity contribution in [3.63, 3.8) is 0 Å². The van der Waals surface area contributed by atoms with Crippen molar-refractivity contribution in [2.24, 2.45) is 0 Å². The third-order valence-electron chi connectivity index (χ3n) is 3.90. The van der Waals surface area contributed by atoms with E-state index in [2.05, 4.69) is 28.9 Å². The zero-order valence-corrected chi connectivity index (χ0v) is 10.7. The standard InChI is InChI=1S/C13H23N3/c1-10(14-3)13-9-15-16(11(13)2)12-7-5-4-6-8-12/h9-10,12,14H,4-8H2,1-3H3. The molecule has 1 saturated carbocycles. The van der Waals surface area contributed by atoms with Crippen molar-refractivity contribution >= 4 is 0 Å². The van der Waals surface area contributed by atoms with Gasteiger partial charge in [0.25, 0.3) is 0 Å². The number of nitrogens with one attached hydrogen (secondary N) is 1. The van der Waals surface area contributed by atoms with Crippen LogP contribution in [0.5, 0.6) is 0 Å². The molecular weight excluding hydrogens is 198 g/mol. The van der Waals surface area contributed by atoms with Crippen LogP contribution >= 0.6 is 0 Å². The van der Waals surface area contributed by atoms with Crippen LogP contribution in [0.15, 0.2) is 6.20 Å². The molecule has 2 rings (SSSR count). The van der Waals surface area contributed by atoms with Crippen LogP contribution in [0.1, 0.15) is 62.4 Å². The van der Waals surface area contributed by atoms with E-state index in [0.717, 1.165) is 0 Å². The second-order valence-electron chi connectivity index (χ2n) is 4.93. The van der Waals surface area contributed by atoms with E-state index in [4.69, 9.17) is 0 Å². The Morgan fingerprint density at radius 2 is 2.06 bits per heavy atom. The first kappa shape index (κ1) is 11.6. The summed E-state index contributed by atoms with van der Waals surface area (Å²) < 4.78 is 2.25. The quantitative estimate of drug-likeness (QED) is 0.850. The first-order valence-electron chi connectivity index (χ1n) is 6.45. The molecule has 0 aliphatic heterocycles. The first-order chi connectivity index (χ1) is 7.74. The molecule has 1 atom stereocenters. The van der Waals surface area contributed by atoms with Gasteiger partial charge in [-0.1, -0.05) is 19.3 Å². The summed E-state index contributed by atoms with van der Waals surface area (Å²) in [4.78, 5) is 0. The predicted octanol–water partition coefficient (Wildman–Crippen LogP) is 2.98. The van der Waals surface area contributed by atoms with Crippen LogP contribution in [-0.2, 0) is 0 Å². The lowest BCUT2D eigenvalue weighted by molar-refractivity contribution is 0.324. The Hall–Kier alpha value is -0.830. The Bertz CT molecular complexity index is 337. The predicted molar refractivity (Wildman–Crippen MR) is 66.6 cm³/mol. The second kappa shape index (κ2) is 5.00. The van der Waals surface area contributed by atoms with Gasteiger partial charge in [-0.2, -0.15) is 5.10 Å². The lowest BCUT2D eigenvalue weighted by atomic mass is 9.95. The summed E-state index contributed by atoms with van der Waals surface area (Å²) in [7, 11) is 2.00. The number of nitrogens with zero attached hydrogens (tertiary/aromatic N) is 2. The zero-order chi connectivity index (χ0) is 11.5. The van der Waals surface area contributed by atoms with Gasteiger partial charge < -0.3 is 5.32 Å². The molecule has 0 saturated heterocycles. The van der Waals surface area contributed by atoms with Gasteiger partial charge in [0.05, 0.1) is 12.2 Å². The maximum Gasteiger partial charge on any atom is 0.0540 e. The minimum absolute atomic E-state index is 0.400. The average Bonchev–Trinajstić information content (AvgIpc) is 2.71. The highest BCUT2D eigenvalue weighted by Crippen LogP contribution is 2.30. The first-order valence-corrected chi connectivity index (χ1v) is 6.45.